The molecule has 5 heteroatoms. The quantitative estimate of drug-likeness (QED) is 0.632. The lowest BCUT2D eigenvalue weighted by atomic mass is 10.2. The van der Waals surface area contributed by atoms with Crippen LogP contribution in [-0.4, -0.2) is 22.2 Å². The Morgan fingerprint density at radius 3 is 2.94 bits per heavy atom. The lowest BCUT2D eigenvalue weighted by Gasteiger charge is -1.99. The summed E-state index contributed by atoms with van der Waals surface area (Å²) in [6.07, 6.45) is 4.78. The highest BCUT2D eigenvalue weighted by Gasteiger charge is 2.03. The van der Waals surface area contributed by atoms with E-state index in [-0.39, 0.29) is 11.7 Å². The average Bonchev–Trinajstić information content (AvgIpc) is 2.40. The van der Waals surface area contributed by atoms with Crippen LogP contribution in [0, 0.1) is 0 Å². The molecule has 2 N–H and O–H groups in total. The Kier molecular flexibility index (Phi) is 3.66. The van der Waals surface area contributed by atoms with Crippen molar-refractivity contribution in [2.45, 2.75) is 0 Å². The van der Waals surface area contributed by atoms with Crippen molar-refractivity contribution in [3.8, 4) is 5.75 Å². The lowest BCUT2D eigenvalue weighted by molar-refractivity contribution is 0.0954. The Bertz CT molecular complexity index is 567. The van der Waals surface area contributed by atoms with Crippen molar-refractivity contribution in [3.05, 3.63) is 59.9 Å². The molecular weight excluding hydrogens is 230 g/mol. The molecular formula is C13H11N3O2. The smallest absolute Gasteiger partial charge is 0.271 e. The van der Waals surface area contributed by atoms with Crippen molar-refractivity contribution in [2.24, 2.45) is 5.10 Å². The summed E-state index contributed by atoms with van der Waals surface area (Å²) in [4.78, 5) is 15.6. The van der Waals surface area contributed by atoms with Crippen molar-refractivity contribution in [3.63, 3.8) is 0 Å². The van der Waals surface area contributed by atoms with Gasteiger partial charge < -0.3 is 5.11 Å². The van der Waals surface area contributed by atoms with Crippen molar-refractivity contribution in [1.82, 2.24) is 10.4 Å². The van der Waals surface area contributed by atoms with Crippen LogP contribution in [0.4, 0.5) is 0 Å². The fraction of sp³-hybridized carbons (Fsp3) is 0. The number of nitrogens with zero attached hydrogens (tertiary/aromatic N) is 2. The van der Waals surface area contributed by atoms with Crippen LogP contribution in [0.2, 0.25) is 0 Å². The van der Waals surface area contributed by atoms with Crippen LogP contribution in [-0.2, 0) is 0 Å². The molecule has 2 rings (SSSR count). The fourth-order valence-corrected chi connectivity index (χ4v) is 1.33. The van der Waals surface area contributed by atoms with E-state index in [1.807, 2.05) is 6.07 Å². The Balaban J connectivity index is 1.99. The second-order valence-corrected chi connectivity index (χ2v) is 3.54. The number of benzene rings is 1. The number of pyridine rings is 1. The summed E-state index contributed by atoms with van der Waals surface area (Å²) in [5.74, 6) is -0.343. The number of aromatic nitrogens is 1. The molecule has 0 radical (unpaired) electrons. The van der Waals surface area contributed by atoms with E-state index in [1.54, 1.807) is 30.6 Å². The summed E-state index contributed by atoms with van der Waals surface area (Å²) in [5, 5.41) is 13.0. The van der Waals surface area contributed by atoms with E-state index < -0.39 is 0 Å². The molecule has 1 heterocycles. The van der Waals surface area contributed by atoms with Crippen molar-refractivity contribution >= 4 is 12.1 Å². The van der Waals surface area contributed by atoms with Gasteiger partial charge in [-0.3, -0.25) is 9.78 Å². The fourth-order valence-electron chi connectivity index (χ4n) is 1.33. The number of rotatable bonds is 3. The van der Waals surface area contributed by atoms with E-state index in [0.717, 1.165) is 5.56 Å². The van der Waals surface area contributed by atoms with Gasteiger partial charge in [-0.1, -0.05) is 12.1 Å². The molecule has 18 heavy (non-hydrogen) atoms. The van der Waals surface area contributed by atoms with E-state index in [1.165, 1.54) is 18.3 Å². The first-order chi connectivity index (χ1) is 8.75. The monoisotopic (exact) mass is 241 g/mol. The van der Waals surface area contributed by atoms with Gasteiger partial charge in [0.25, 0.3) is 5.91 Å². The van der Waals surface area contributed by atoms with Crippen molar-refractivity contribution < 1.29 is 9.90 Å². The predicted molar refractivity (Wildman–Crippen MR) is 67.4 cm³/mol. The zero-order chi connectivity index (χ0) is 12.8. The lowest BCUT2D eigenvalue weighted by Crippen LogP contribution is -2.17. The molecule has 0 aliphatic carbocycles. The van der Waals surface area contributed by atoms with Gasteiger partial charge in [0.2, 0.25) is 0 Å². The van der Waals surface area contributed by atoms with Crippen LogP contribution in [0.5, 0.6) is 5.75 Å². The number of phenolic OH excluding ortho intramolecular Hbond substituents is 1. The summed E-state index contributed by atoms with van der Waals surface area (Å²) < 4.78 is 0. The van der Waals surface area contributed by atoms with E-state index >= 15 is 0 Å². The number of carbonyl (C=O) groups excluding carboxylic acids is 1. The second-order valence-electron chi connectivity index (χ2n) is 3.54. The molecule has 0 saturated carbocycles. The second kappa shape index (κ2) is 5.58. The van der Waals surface area contributed by atoms with Crippen molar-refractivity contribution in [2.75, 3.05) is 0 Å². The number of nitrogens with one attached hydrogen (secondary N) is 1. The highest BCUT2D eigenvalue weighted by atomic mass is 16.3. The molecule has 0 atom stereocenters. The van der Waals surface area contributed by atoms with E-state index in [2.05, 4.69) is 15.5 Å². The van der Waals surface area contributed by atoms with Crippen LogP contribution in [0.25, 0.3) is 0 Å². The molecule has 0 unspecified atom stereocenters. The molecule has 90 valence electrons. The van der Waals surface area contributed by atoms with Gasteiger partial charge in [-0.15, -0.1) is 0 Å². The summed E-state index contributed by atoms with van der Waals surface area (Å²) >= 11 is 0. The number of carbonyl (C=O) groups is 1. The molecule has 2 aromatic rings. The maximum atomic E-state index is 11.6. The number of phenols is 1. The summed E-state index contributed by atoms with van der Waals surface area (Å²) in [7, 11) is 0. The van der Waals surface area contributed by atoms with Gasteiger partial charge in [-0.25, -0.2) is 5.43 Å². The Hall–Kier alpha value is -2.69. The molecule has 1 aromatic heterocycles. The third kappa shape index (κ3) is 3.15. The van der Waals surface area contributed by atoms with Gasteiger partial charge >= 0.3 is 0 Å². The summed E-state index contributed by atoms with van der Waals surface area (Å²) in [6, 6.07) is 9.64. The minimum absolute atomic E-state index is 0.0406. The standard InChI is InChI=1S/C13H11N3O2/c17-12-5-1-4-11(7-12)13(18)16-15-9-10-3-2-6-14-8-10/h1-9,17H,(H,16,18). The Morgan fingerprint density at radius 1 is 1.33 bits per heavy atom. The SMILES string of the molecule is O=C(NN=Cc1cccnc1)c1cccc(O)c1. The summed E-state index contributed by atoms with van der Waals surface area (Å²) in [6.45, 7) is 0. The van der Waals surface area contributed by atoms with Gasteiger partial charge in [0.15, 0.2) is 0 Å². The van der Waals surface area contributed by atoms with Gasteiger partial charge in [0.05, 0.1) is 6.21 Å². The number of hydrazone groups is 1. The van der Waals surface area contributed by atoms with Gasteiger partial charge in [0, 0.05) is 23.5 Å². The zero-order valence-electron chi connectivity index (χ0n) is 9.45. The molecule has 1 aromatic carbocycles. The normalized spacial score (nSPS) is 10.4. The Labute approximate surface area is 104 Å². The molecule has 0 fully saturated rings. The first kappa shape index (κ1) is 11.8. The predicted octanol–water partition coefficient (Wildman–Crippen LogP) is 1.55. The summed E-state index contributed by atoms with van der Waals surface area (Å²) in [5.41, 5.74) is 3.50. The Morgan fingerprint density at radius 2 is 2.22 bits per heavy atom. The highest BCUT2D eigenvalue weighted by Crippen LogP contribution is 2.10. The van der Waals surface area contributed by atoms with E-state index in [0.29, 0.717) is 5.56 Å². The molecule has 0 saturated heterocycles. The maximum absolute atomic E-state index is 11.6. The van der Waals surface area contributed by atoms with Gasteiger partial charge in [0.1, 0.15) is 5.75 Å². The number of hydrogen-bond acceptors (Lipinski definition) is 4. The van der Waals surface area contributed by atoms with Crippen LogP contribution >= 0.6 is 0 Å². The largest absolute Gasteiger partial charge is 0.508 e. The first-order valence-corrected chi connectivity index (χ1v) is 5.28. The maximum Gasteiger partial charge on any atom is 0.271 e. The van der Waals surface area contributed by atoms with Crippen LogP contribution in [0.3, 0.4) is 0 Å². The van der Waals surface area contributed by atoms with Gasteiger partial charge in [-0.05, 0) is 24.3 Å². The highest BCUT2D eigenvalue weighted by molar-refractivity contribution is 5.95. The molecule has 0 aliphatic heterocycles. The van der Waals surface area contributed by atoms with E-state index in [4.69, 9.17) is 0 Å². The molecule has 1 amide bonds. The third-order valence-corrected chi connectivity index (χ3v) is 2.17. The molecule has 0 bridgehead atoms. The van der Waals surface area contributed by atoms with Crippen LogP contribution in [0.15, 0.2) is 53.9 Å². The van der Waals surface area contributed by atoms with E-state index in [9.17, 15) is 9.90 Å². The third-order valence-electron chi connectivity index (χ3n) is 2.17. The number of amides is 1. The first-order valence-electron chi connectivity index (χ1n) is 5.28. The van der Waals surface area contributed by atoms with Crippen LogP contribution in [0.1, 0.15) is 15.9 Å². The zero-order valence-corrected chi connectivity index (χ0v) is 9.45. The number of hydrogen-bond donors (Lipinski definition) is 2. The molecule has 5 nitrogen and oxygen atoms in total. The van der Waals surface area contributed by atoms with Crippen molar-refractivity contribution in [1.29, 1.82) is 0 Å². The van der Waals surface area contributed by atoms with Crippen LogP contribution < -0.4 is 5.43 Å². The minimum atomic E-state index is -0.383. The number of aromatic hydroxyl groups is 1. The average molecular weight is 241 g/mol. The minimum Gasteiger partial charge on any atom is -0.508 e. The molecule has 0 spiro atoms. The molecule has 0 aliphatic rings. The topological polar surface area (TPSA) is 74.6 Å². The van der Waals surface area contributed by atoms with Gasteiger partial charge in [-0.2, -0.15) is 5.10 Å².